The SMILES string of the molecule is C[C@H]1CN(C(=O)CCCc2cccs2)C[C@H](C)O1. The summed E-state index contributed by atoms with van der Waals surface area (Å²) >= 11 is 1.77. The maximum atomic E-state index is 12.1. The highest BCUT2D eigenvalue weighted by molar-refractivity contribution is 7.09. The van der Waals surface area contributed by atoms with Crippen molar-refractivity contribution in [2.24, 2.45) is 0 Å². The van der Waals surface area contributed by atoms with E-state index >= 15 is 0 Å². The molecule has 0 bridgehead atoms. The summed E-state index contributed by atoms with van der Waals surface area (Å²) < 4.78 is 5.64. The van der Waals surface area contributed by atoms with Crippen LogP contribution >= 0.6 is 11.3 Å². The van der Waals surface area contributed by atoms with E-state index in [1.807, 2.05) is 18.7 Å². The molecule has 1 saturated heterocycles. The highest BCUT2D eigenvalue weighted by Gasteiger charge is 2.25. The summed E-state index contributed by atoms with van der Waals surface area (Å²) in [6.45, 7) is 5.54. The van der Waals surface area contributed by atoms with Gasteiger partial charge in [-0.15, -0.1) is 11.3 Å². The van der Waals surface area contributed by atoms with Gasteiger partial charge < -0.3 is 9.64 Å². The predicted octanol–water partition coefficient (Wildman–Crippen LogP) is 2.71. The molecule has 0 N–H and O–H groups in total. The highest BCUT2D eigenvalue weighted by atomic mass is 32.1. The molecule has 1 aliphatic heterocycles. The van der Waals surface area contributed by atoms with Crippen LogP contribution in [0, 0.1) is 0 Å². The lowest BCUT2D eigenvalue weighted by atomic mass is 10.1. The van der Waals surface area contributed by atoms with E-state index in [1.165, 1.54) is 4.88 Å². The maximum absolute atomic E-state index is 12.1. The number of thiophene rings is 1. The second-order valence-corrected chi connectivity index (χ2v) is 6.02. The largest absolute Gasteiger partial charge is 0.372 e. The maximum Gasteiger partial charge on any atom is 0.222 e. The van der Waals surface area contributed by atoms with Crippen molar-refractivity contribution in [3.05, 3.63) is 22.4 Å². The van der Waals surface area contributed by atoms with Gasteiger partial charge in [-0.2, -0.15) is 0 Å². The van der Waals surface area contributed by atoms with Gasteiger partial charge in [0.1, 0.15) is 0 Å². The Balaban J connectivity index is 1.74. The van der Waals surface area contributed by atoms with E-state index in [9.17, 15) is 4.79 Å². The Kier molecular flexibility index (Phi) is 4.78. The van der Waals surface area contributed by atoms with Crippen LogP contribution < -0.4 is 0 Å². The molecular weight excluding hydrogens is 246 g/mol. The lowest BCUT2D eigenvalue weighted by Crippen LogP contribution is -2.48. The van der Waals surface area contributed by atoms with Gasteiger partial charge in [-0.3, -0.25) is 4.79 Å². The molecule has 0 radical (unpaired) electrons. The molecule has 0 saturated carbocycles. The molecule has 0 aromatic carbocycles. The number of morpholine rings is 1. The molecule has 100 valence electrons. The summed E-state index contributed by atoms with van der Waals surface area (Å²) in [5, 5.41) is 2.09. The summed E-state index contributed by atoms with van der Waals surface area (Å²) in [6, 6.07) is 4.20. The first kappa shape index (κ1) is 13.6. The summed E-state index contributed by atoms with van der Waals surface area (Å²) in [6.07, 6.45) is 2.93. The van der Waals surface area contributed by atoms with Gasteiger partial charge in [0.25, 0.3) is 0 Å². The molecule has 0 unspecified atom stereocenters. The number of hydrogen-bond donors (Lipinski definition) is 0. The van der Waals surface area contributed by atoms with E-state index in [-0.39, 0.29) is 18.1 Å². The monoisotopic (exact) mass is 267 g/mol. The Morgan fingerprint density at radius 1 is 1.44 bits per heavy atom. The molecule has 18 heavy (non-hydrogen) atoms. The van der Waals surface area contributed by atoms with Gasteiger partial charge >= 0.3 is 0 Å². The van der Waals surface area contributed by atoms with E-state index in [2.05, 4.69) is 17.5 Å². The number of ether oxygens (including phenoxy) is 1. The zero-order chi connectivity index (χ0) is 13.0. The van der Waals surface area contributed by atoms with Gasteiger partial charge in [-0.1, -0.05) is 6.07 Å². The molecule has 0 spiro atoms. The molecule has 1 aromatic heterocycles. The van der Waals surface area contributed by atoms with Crippen molar-refractivity contribution in [1.82, 2.24) is 4.90 Å². The Hall–Kier alpha value is -0.870. The molecule has 0 aliphatic carbocycles. The van der Waals surface area contributed by atoms with Gasteiger partial charge in [-0.25, -0.2) is 0 Å². The summed E-state index contributed by atoms with van der Waals surface area (Å²) in [7, 11) is 0. The van der Waals surface area contributed by atoms with Gasteiger partial charge in [0.2, 0.25) is 5.91 Å². The van der Waals surface area contributed by atoms with Crippen LogP contribution in [0.25, 0.3) is 0 Å². The molecule has 3 nitrogen and oxygen atoms in total. The van der Waals surface area contributed by atoms with Gasteiger partial charge in [0.05, 0.1) is 12.2 Å². The number of rotatable bonds is 4. The van der Waals surface area contributed by atoms with Crippen LogP contribution in [0.2, 0.25) is 0 Å². The van der Waals surface area contributed by atoms with E-state index in [0.29, 0.717) is 6.42 Å². The van der Waals surface area contributed by atoms with Crippen LogP contribution in [-0.4, -0.2) is 36.1 Å². The fourth-order valence-corrected chi connectivity index (χ4v) is 3.16. The average molecular weight is 267 g/mol. The molecule has 2 rings (SSSR count). The van der Waals surface area contributed by atoms with Crippen molar-refractivity contribution < 1.29 is 9.53 Å². The van der Waals surface area contributed by atoms with Crippen LogP contribution in [0.5, 0.6) is 0 Å². The van der Waals surface area contributed by atoms with E-state index in [4.69, 9.17) is 4.74 Å². The van der Waals surface area contributed by atoms with Crippen LogP contribution in [0.3, 0.4) is 0 Å². The Labute approximate surface area is 113 Å². The molecule has 1 fully saturated rings. The molecule has 1 aliphatic rings. The van der Waals surface area contributed by atoms with Crippen LogP contribution in [-0.2, 0) is 16.0 Å². The third kappa shape index (κ3) is 3.82. The minimum absolute atomic E-state index is 0.162. The van der Waals surface area contributed by atoms with Gasteiger partial charge in [0.15, 0.2) is 0 Å². The highest BCUT2D eigenvalue weighted by Crippen LogP contribution is 2.15. The summed E-state index contributed by atoms with van der Waals surface area (Å²) in [5.74, 6) is 0.272. The minimum Gasteiger partial charge on any atom is -0.372 e. The van der Waals surface area contributed by atoms with Crippen molar-refractivity contribution in [3.63, 3.8) is 0 Å². The molecule has 2 heterocycles. The Bertz CT molecular complexity index is 367. The number of aryl methyl sites for hydroxylation is 1. The van der Waals surface area contributed by atoms with Crippen LogP contribution in [0.15, 0.2) is 17.5 Å². The quantitative estimate of drug-likeness (QED) is 0.839. The standard InChI is InChI=1S/C14H21NO2S/c1-11-9-15(10-12(2)17-11)14(16)7-3-5-13-6-4-8-18-13/h4,6,8,11-12H,3,5,7,9-10H2,1-2H3/t11-,12-/m0/s1. The number of hydrogen-bond acceptors (Lipinski definition) is 3. The van der Waals surface area contributed by atoms with Crippen LogP contribution in [0.1, 0.15) is 31.6 Å². The molecule has 2 atom stereocenters. The Morgan fingerprint density at radius 2 is 2.17 bits per heavy atom. The zero-order valence-electron chi connectivity index (χ0n) is 11.1. The molecule has 1 amide bonds. The predicted molar refractivity (Wildman–Crippen MR) is 73.8 cm³/mol. The van der Waals surface area contributed by atoms with Crippen LogP contribution in [0.4, 0.5) is 0 Å². The normalized spacial score (nSPS) is 24.2. The third-order valence-corrected chi connectivity index (χ3v) is 4.10. The smallest absolute Gasteiger partial charge is 0.222 e. The molecule has 4 heteroatoms. The van der Waals surface area contributed by atoms with Crippen molar-refractivity contribution in [2.45, 2.75) is 45.3 Å². The van der Waals surface area contributed by atoms with Gasteiger partial charge in [-0.05, 0) is 38.1 Å². The lowest BCUT2D eigenvalue weighted by molar-refractivity contribution is -0.143. The van der Waals surface area contributed by atoms with Gasteiger partial charge in [0, 0.05) is 24.4 Å². The first-order valence-electron chi connectivity index (χ1n) is 6.61. The third-order valence-electron chi connectivity index (χ3n) is 3.17. The molecular formula is C14H21NO2S. The zero-order valence-corrected chi connectivity index (χ0v) is 11.9. The fraction of sp³-hybridized carbons (Fsp3) is 0.643. The van der Waals surface area contributed by atoms with E-state index < -0.39 is 0 Å². The van der Waals surface area contributed by atoms with Crippen molar-refractivity contribution >= 4 is 17.2 Å². The minimum atomic E-state index is 0.162. The molecule has 1 aromatic rings. The summed E-state index contributed by atoms with van der Waals surface area (Å²) in [5.41, 5.74) is 0. The number of amides is 1. The van der Waals surface area contributed by atoms with Crippen molar-refractivity contribution in [2.75, 3.05) is 13.1 Å². The number of carbonyl (C=O) groups is 1. The van der Waals surface area contributed by atoms with E-state index in [1.54, 1.807) is 11.3 Å². The second kappa shape index (κ2) is 6.34. The lowest BCUT2D eigenvalue weighted by Gasteiger charge is -2.35. The topological polar surface area (TPSA) is 29.5 Å². The first-order valence-corrected chi connectivity index (χ1v) is 7.48. The fourth-order valence-electron chi connectivity index (χ4n) is 2.41. The number of nitrogens with zero attached hydrogens (tertiary/aromatic N) is 1. The van der Waals surface area contributed by atoms with Crippen molar-refractivity contribution in [3.8, 4) is 0 Å². The average Bonchev–Trinajstić information content (AvgIpc) is 2.80. The second-order valence-electron chi connectivity index (χ2n) is 4.99. The Morgan fingerprint density at radius 3 is 2.78 bits per heavy atom. The summed E-state index contributed by atoms with van der Waals surface area (Å²) in [4.78, 5) is 15.4. The first-order chi connectivity index (χ1) is 8.65. The van der Waals surface area contributed by atoms with Crippen molar-refractivity contribution in [1.29, 1.82) is 0 Å². The van der Waals surface area contributed by atoms with E-state index in [0.717, 1.165) is 25.9 Å². The number of carbonyl (C=O) groups excluding carboxylic acids is 1.